The minimum atomic E-state index is -0.260. The lowest BCUT2D eigenvalue weighted by Gasteiger charge is -2.19. The summed E-state index contributed by atoms with van der Waals surface area (Å²) in [5.41, 5.74) is 5.61. The summed E-state index contributed by atoms with van der Waals surface area (Å²) in [7, 11) is 0. The van der Waals surface area contributed by atoms with Crippen LogP contribution in [0.1, 0.15) is 40.0 Å². The molecular formula is C10H20N2O. The van der Waals surface area contributed by atoms with Gasteiger partial charge >= 0.3 is 0 Å². The van der Waals surface area contributed by atoms with Crippen LogP contribution in [0.5, 0.6) is 0 Å². The summed E-state index contributed by atoms with van der Waals surface area (Å²) >= 11 is 0. The number of amides is 1. The molecule has 1 unspecified atom stereocenters. The fourth-order valence-electron chi connectivity index (χ4n) is 2.01. The summed E-state index contributed by atoms with van der Waals surface area (Å²) in [5, 5.41) is 3.26. The zero-order valence-electron chi connectivity index (χ0n) is 8.76. The van der Waals surface area contributed by atoms with E-state index in [9.17, 15) is 4.79 Å². The summed E-state index contributed by atoms with van der Waals surface area (Å²) in [5.74, 6) is -0.260. The van der Waals surface area contributed by atoms with Gasteiger partial charge in [0, 0.05) is 6.04 Å². The second kappa shape index (κ2) is 3.66. The highest BCUT2D eigenvalue weighted by Crippen LogP contribution is 2.36. The van der Waals surface area contributed by atoms with Crippen molar-refractivity contribution < 1.29 is 4.79 Å². The Morgan fingerprint density at radius 2 is 2.23 bits per heavy atom. The van der Waals surface area contributed by atoms with Crippen molar-refractivity contribution in [1.82, 2.24) is 5.32 Å². The SMILES string of the molecule is C[C@@H](NC1CCC(C)(C)C1)C(N)=O. The van der Waals surface area contributed by atoms with Crippen LogP contribution in [-0.2, 0) is 4.79 Å². The van der Waals surface area contributed by atoms with Gasteiger partial charge in [-0.25, -0.2) is 0 Å². The molecule has 0 bridgehead atoms. The van der Waals surface area contributed by atoms with Gasteiger partial charge in [-0.1, -0.05) is 13.8 Å². The van der Waals surface area contributed by atoms with Crippen LogP contribution in [0.15, 0.2) is 0 Å². The Morgan fingerprint density at radius 3 is 2.62 bits per heavy atom. The molecule has 0 aromatic rings. The van der Waals surface area contributed by atoms with Gasteiger partial charge in [0.25, 0.3) is 0 Å². The van der Waals surface area contributed by atoms with Gasteiger partial charge in [0.05, 0.1) is 6.04 Å². The predicted molar refractivity (Wildman–Crippen MR) is 53.2 cm³/mol. The smallest absolute Gasteiger partial charge is 0.234 e. The minimum Gasteiger partial charge on any atom is -0.368 e. The van der Waals surface area contributed by atoms with Gasteiger partial charge < -0.3 is 11.1 Å². The molecular weight excluding hydrogens is 164 g/mol. The Kier molecular flexibility index (Phi) is 2.96. The molecule has 3 heteroatoms. The van der Waals surface area contributed by atoms with E-state index in [0.29, 0.717) is 11.5 Å². The Bertz CT molecular complexity index is 201. The van der Waals surface area contributed by atoms with Crippen LogP contribution in [0.25, 0.3) is 0 Å². The van der Waals surface area contributed by atoms with Crippen molar-refractivity contribution in [2.45, 2.75) is 52.1 Å². The van der Waals surface area contributed by atoms with E-state index in [-0.39, 0.29) is 11.9 Å². The molecule has 3 N–H and O–H groups in total. The second-order valence-corrected chi connectivity index (χ2v) is 4.89. The van der Waals surface area contributed by atoms with Crippen molar-refractivity contribution in [3.8, 4) is 0 Å². The van der Waals surface area contributed by atoms with E-state index in [1.54, 1.807) is 0 Å². The zero-order chi connectivity index (χ0) is 10.1. The maximum absolute atomic E-state index is 10.8. The highest BCUT2D eigenvalue weighted by molar-refractivity contribution is 5.79. The molecule has 13 heavy (non-hydrogen) atoms. The fourth-order valence-corrected chi connectivity index (χ4v) is 2.01. The van der Waals surface area contributed by atoms with Crippen molar-refractivity contribution in [3.63, 3.8) is 0 Å². The number of nitrogens with one attached hydrogen (secondary N) is 1. The Hall–Kier alpha value is -0.570. The van der Waals surface area contributed by atoms with Crippen LogP contribution in [0.3, 0.4) is 0 Å². The maximum atomic E-state index is 10.8. The number of carbonyl (C=O) groups is 1. The van der Waals surface area contributed by atoms with Gasteiger partial charge in [-0.3, -0.25) is 4.79 Å². The van der Waals surface area contributed by atoms with E-state index < -0.39 is 0 Å². The standard InChI is InChI=1S/C10H20N2O/c1-7(9(11)13)12-8-4-5-10(2,3)6-8/h7-8,12H,4-6H2,1-3H3,(H2,11,13)/t7-,8?/m1/s1. The number of nitrogens with two attached hydrogens (primary N) is 1. The van der Waals surface area contributed by atoms with Gasteiger partial charge in [-0.05, 0) is 31.6 Å². The summed E-state index contributed by atoms with van der Waals surface area (Å²) in [6.45, 7) is 6.36. The normalized spacial score (nSPS) is 28.7. The van der Waals surface area contributed by atoms with Crippen LogP contribution in [0.2, 0.25) is 0 Å². The van der Waals surface area contributed by atoms with Gasteiger partial charge in [-0.15, -0.1) is 0 Å². The van der Waals surface area contributed by atoms with Crippen LogP contribution in [0, 0.1) is 5.41 Å². The highest BCUT2D eigenvalue weighted by atomic mass is 16.1. The maximum Gasteiger partial charge on any atom is 0.234 e. The molecule has 3 nitrogen and oxygen atoms in total. The van der Waals surface area contributed by atoms with Crippen molar-refractivity contribution in [1.29, 1.82) is 0 Å². The lowest BCUT2D eigenvalue weighted by Crippen LogP contribution is -2.43. The van der Waals surface area contributed by atoms with E-state index in [4.69, 9.17) is 5.73 Å². The van der Waals surface area contributed by atoms with E-state index >= 15 is 0 Å². The molecule has 0 saturated heterocycles. The molecule has 1 saturated carbocycles. The zero-order valence-corrected chi connectivity index (χ0v) is 8.76. The van der Waals surface area contributed by atoms with Crippen molar-refractivity contribution >= 4 is 5.91 Å². The molecule has 0 heterocycles. The first-order chi connectivity index (χ1) is 5.91. The van der Waals surface area contributed by atoms with E-state index in [1.807, 2.05) is 6.92 Å². The van der Waals surface area contributed by atoms with E-state index in [2.05, 4.69) is 19.2 Å². The number of rotatable bonds is 3. The first kappa shape index (κ1) is 10.5. The summed E-state index contributed by atoms with van der Waals surface area (Å²) in [6, 6.07) is 0.274. The minimum absolute atomic E-state index is 0.195. The van der Waals surface area contributed by atoms with E-state index in [1.165, 1.54) is 6.42 Å². The summed E-state index contributed by atoms with van der Waals surface area (Å²) in [4.78, 5) is 10.8. The third-order valence-corrected chi connectivity index (χ3v) is 2.88. The Labute approximate surface area is 80.1 Å². The lowest BCUT2D eigenvalue weighted by molar-refractivity contribution is -0.119. The van der Waals surface area contributed by atoms with Crippen LogP contribution < -0.4 is 11.1 Å². The topological polar surface area (TPSA) is 55.1 Å². The van der Waals surface area contributed by atoms with Gasteiger partial charge in [0.15, 0.2) is 0 Å². The van der Waals surface area contributed by atoms with Gasteiger partial charge in [0.1, 0.15) is 0 Å². The lowest BCUT2D eigenvalue weighted by atomic mass is 9.92. The number of hydrogen-bond donors (Lipinski definition) is 2. The first-order valence-corrected chi connectivity index (χ1v) is 4.96. The molecule has 76 valence electrons. The van der Waals surface area contributed by atoms with Crippen molar-refractivity contribution in [2.24, 2.45) is 11.1 Å². The summed E-state index contributed by atoms with van der Waals surface area (Å²) in [6.07, 6.45) is 3.53. The van der Waals surface area contributed by atoms with Crippen LogP contribution in [-0.4, -0.2) is 18.0 Å². The van der Waals surface area contributed by atoms with Crippen molar-refractivity contribution in [2.75, 3.05) is 0 Å². The predicted octanol–water partition coefficient (Wildman–Crippen LogP) is 1.03. The molecule has 1 fully saturated rings. The van der Waals surface area contributed by atoms with Crippen LogP contribution in [0.4, 0.5) is 0 Å². The molecule has 1 amide bonds. The fraction of sp³-hybridized carbons (Fsp3) is 0.900. The Balaban J connectivity index is 2.36. The quantitative estimate of drug-likeness (QED) is 0.688. The molecule has 1 aliphatic rings. The second-order valence-electron chi connectivity index (χ2n) is 4.89. The van der Waals surface area contributed by atoms with Gasteiger partial charge in [0.2, 0.25) is 5.91 Å². The largest absolute Gasteiger partial charge is 0.368 e. The molecule has 0 aromatic carbocycles. The molecule has 0 spiro atoms. The molecule has 0 radical (unpaired) electrons. The molecule has 2 atom stereocenters. The van der Waals surface area contributed by atoms with Crippen LogP contribution >= 0.6 is 0 Å². The molecule has 0 aliphatic heterocycles. The Morgan fingerprint density at radius 1 is 1.62 bits per heavy atom. The monoisotopic (exact) mass is 184 g/mol. The number of hydrogen-bond acceptors (Lipinski definition) is 2. The third kappa shape index (κ3) is 2.99. The summed E-state index contributed by atoms with van der Waals surface area (Å²) < 4.78 is 0. The molecule has 0 aromatic heterocycles. The van der Waals surface area contributed by atoms with E-state index in [0.717, 1.165) is 12.8 Å². The average molecular weight is 184 g/mol. The average Bonchev–Trinajstić information content (AvgIpc) is 2.30. The first-order valence-electron chi connectivity index (χ1n) is 4.96. The number of carbonyl (C=O) groups excluding carboxylic acids is 1. The van der Waals surface area contributed by atoms with Gasteiger partial charge in [-0.2, -0.15) is 0 Å². The highest BCUT2D eigenvalue weighted by Gasteiger charge is 2.31. The van der Waals surface area contributed by atoms with Crippen molar-refractivity contribution in [3.05, 3.63) is 0 Å². The third-order valence-electron chi connectivity index (χ3n) is 2.88. The molecule has 1 rings (SSSR count). The molecule has 1 aliphatic carbocycles. The number of primary amides is 1.